The van der Waals surface area contributed by atoms with Crippen molar-refractivity contribution in [2.75, 3.05) is 0 Å². The number of nitrogens with one attached hydrogen (secondary N) is 1. The fraction of sp³-hybridized carbons (Fsp3) is 0.364. The minimum atomic E-state index is 0. The van der Waals surface area contributed by atoms with Crippen molar-refractivity contribution in [3.05, 3.63) is 24.3 Å². The maximum Gasteiger partial charge on any atom is 0.166 e. The summed E-state index contributed by atoms with van der Waals surface area (Å²) in [6.07, 6.45) is 0. The quantitative estimate of drug-likeness (QED) is 0.676. The van der Waals surface area contributed by atoms with E-state index >= 15 is 0 Å². The van der Waals surface area contributed by atoms with E-state index in [0.717, 1.165) is 9.86 Å². The number of rotatable bonds is 2. The predicted molar refractivity (Wildman–Crippen MR) is 68.4 cm³/mol. The van der Waals surface area contributed by atoms with E-state index in [1.807, 2.05) is 18.2 Å². The summed E-state index contributed by atoms with van der Waals surface area (Å²) < 4.78 is 5.68. The van der Waals surface area contributed by atoms with Gasteiger partial charge in [-0.2, -0.15) is 0 Å². The van der Waals surface area contributed by atoms with Crippen LogP contribution in [0.2, 0.25) is 0 Å². The largest absolute Gasteiger partial charge is 0.253 e. The van der Waals surface area contributed by atoms with Crippen LogP contribution in [-0.4, -0.2) is 10.5 Å². The van der Waals surface area contributed by atoms with E-state index in [0.29, 0.717) is 0 Å². The molecule has 0 atom stereocenters. The monoisotopic (exact) mass is 302 g/mol. The zero-order valence-electron chi connectivity index (χ0n) is 9.78. The molecule has 5 heteroatoms. The van der Waals surface area contributed by atoms with Crippen molar-refractivity contribution < 1.29 is 19.5 Å². The van der Waals surface area contributed by atoms with Crippen molar-refractivity contribution >= 4 is 33.5 Å². The molecule has 0 saturated carbocycles. The molecule has 1 heterocycles. The summed E-state index contributed by atoms with van der Waals surface area (Å²) in [5.41, 5.74) is 1.20. The van der Waals surface area contributed by atoms with Crippen molar-refractivity contribution in [3.63, 3.8) is 0 Å². The number of benzene rings is 1. The maximum absolute atomic E-state index is 4.53. The molecule has 2 nitrogen and oxygen atoms in total. The fourth-order valence-corrected chi connectivity index (χ4v) is 2.89. The molecule has 0 saturated heterocycles. The molecule has 0 radical (unpaired) electrons. The molecule has 1 aromatic carbocycles. The molecule has 2 aromatic rings. The Morgan fingerprint density at radius 1 is 1.25 bits per heavy atom. The summed E-state index contributed by atoms with van der Waals surface area (Å²) in [5, 5.41) is 0. The van der Waals surface area contributed by atoms with Gasteiger partial charge in [0.15, 0.2) is 4.34 Å². The molecule has 82 valence electrons. The third-order valence-electron chi connectivity index (χ3n) is 1.72. The predicted octanol–water partition coefficient (Wildman–Crippen LogP) is 3.69. The molecule has 0 unspecified atom stereocenters. The first kappa shape index (κ1) is 14.1. The van der Waals surface area contributed by atoms with Crippen molar-refractivity contribution in [1.82, 2.24) is 9.71 Å². The van der Waals surface area contributed by atoms with Gasteiger partial charge in [0.1, 0.15) is 0 Å². The summed E-state index contributed by atoms with van der Waals surface area (Å²) in [6, 6.07) is 8.22. The molecule has 1 N–H and O–H groups in total. The van der Waals surface area contributed by atoms with Crippen LogP contribution in [0.5, 0.6) is 0 Å². The number of nitrogens with zero attached hydrogens (tertiary/aromatic N) is 1. The Morgan fingerprint density at radius 3 is 2.56 bits per heavy atom. The zero-order chi connectivity index (χ0) is 10.9. The zero-order valence-corrected chi connectivity index (χ0v) is 14.4. The van der Waals surface area contributed by atoms with Crippen LogP contribution in [0.1, 0.15) is 20.8 Å². The van der Waals surface area contributed by atoms with Crippen molar-refractivity contribution in [3.8, 4) is 0 Å². The van der Waals surface area contributed by atoms with Crippen molar-refractivity contribution in [2.24, 2.45) is 0 Å². The average Bonchev–Trinajstić information content (AvgIpc) is 2.56. The summed E-state index contributed by atoms with van der Waals surface area (Å²) in [4.78, 5) is 4.53. The molecule has 2 rings (SSSR count). The number of hydrogen-bond donors (Lipinski definition) is 1. The van der Waals surface area contributed by atoms with Crippen LogP contribution < -0.4 is 4.72 Å². The van der Waals surface area contributed by atoms with Crippen molar-refractivity contribution in [2.45, 2.75) is 30.6 Å². The van der Waals surface area contributed by atoms with E-state index < -0.39 is 0 Å². The number of thiazole rings is 1. The first-order chi connectivity index (χ1) is 7.04. The fourth-order valence-electron chi connectivity index (χ4n) is 1.09. The van der Waals surface area contributed by atoms with Crippen LogP contribution in [-0.2, 0) is 19.5 Å². The van der Waals surface area contributed by atoms with Gasteiger partial charge in [-0.25, -0.2) is 4.98 Å². The van der Waals surface area contributed by atoms with E-state index in [1.165, 1.54) is 4.70 Å². The Balaban J connectivity index is 0.00000128. The Bertz CT molecular complexity index is 429. The molecule has 16 heavy (non-hydrogen) atoms. The standard InChI is InChI=1S/C11H14N2S2.Zn/c1-11(2,3)13-15-10-12-8-6-4-5-7-9(8)14-10;/h4-7,13H,1-3H3;. The number of aromatic nitrogens is 1. The molecule has 1 aromatic heterocycles. The Morgan fingerprint density at radius 2 is 1.94 bits per heavy atom. The number of para-hydroxylation sites is 1. The topological polar surface area (TPSA) is 24.9 Å². The Labute approximate surface area is 117 Å². The number of hydrogen-bond acceptors (Lipinski definition) is 4. The van der Waals surface area contributed by atoms with Crippen LogP contribution in [0.15, 0.2) is 28.6 Å². The molecule has 0 amide bonds. The van der Waals surface area contributed by atoms with Crippen LogP contribution in [0.25, 0.3) is 10.2 Å². The summed E-state index contributed by atoms with van der Waals surface area (Å²) in [5.74, 6) is 0. The van der Waals surface area contributed by atoms with Gasteiger partial charge in [0.05, 0.1) is 10.2 Å². The normalized spacial score (nSPS) is 11.4. The molecule has 0 aliphatic rings. The third kappa shape index (κ3) is 3.81. The Hall–Kier alpha value is 0.0434. The third-order valence-corrected chi connectivity index (χ3v) is 4.03. The van der Waals surface area contributed by atoms with Gasteiger partial charge in [-0.15, -0.1) is 11.3 Å². The van der Waals surface area contributed by atoms with Crippen molar-refractivity contribution in [1.29, 1.82) is 0 Å². The van der Waals surface area contributed by atoms with Gasteiger partial charge in [0.25, 0.3) is 0 Å². The minimum absolute atomic E-state index is 0. The molecular formula is C11H14N2S2Zn. The average molecular weight is 304 g/mol. The molecule has 0 spiro atoms. The molecule has 0 fully saturated rings. The molecule has 0 bridgehead atoms. The molecule has 0 aliphatic heterocycles. The van der Waals surface area contributed by atoms with Gasteiger partial charge in [-0.1, -0.05) is 12.1 Å². The van der Waals surface area contributed by atoms with E-state index in [9.17, 15) is 0 Å². The maximum atomic E-state index is 4.53. The summed E-state index contributed by atoms with van der Waals surface area (Å²) >= 11 is 3.34. The SMILES string of the molecule is CC(C)(C)NSc1nc2ccccc2s1.[Zn]. The first-order valence-corrected chi connectivity index (χ1v) is 6.47. The second kappa shape index (κ2) is 5.59. The molecule has 0 aliphatic carbocycles. The summed E-state index contributed by atoms with van der Waals surface area (Å²) in [7, 11) is 0. The Kier molecular flexibility index (Phi) is 4.93. The van der Waals surface area contributed by atoms with Gasteiger partial charge < -0.3 is 0 Å². The smallest absolute Gasteiger partial charge is 0.166 e. The van der Waals surface area contributed by atoms with E-state index in [2.05, 4.69) is 36.5 Å². The van der Waals surface area contributed by atoms with E-state index in [1.54, 1.807) is 23.3 Å². The van der Waals surface area contributed by atoms with Crippen LogP contribution in [0.4, 0.5) is 0 Å². The summed E-state index contributed by atoms with van der Waals surface area (Å²) in [6.45, 7) is 6.44. The van der Waals surface area contributed by atoms with Crippen LogP contribution >= 0.6 is 23.3 Å². The number of fused-ring (bicyclic) bond motifs is 1. The van der Waals surface area contributed by atoms with Gasteiger partial charge in [0.2, 0.25) is 0 Å². The van der Waals surface area contributed by atoms with Gasteiger partial charge in [-0.05, 0) is 44.9 Å². The van der Waals surface area contributed by atoms with Crippen LogP contribution in [0.3, 0.4) is 0 Å². The van der Waals surface area contributed by atoms with Gasteiger partial charge in [0, 0.05) is 25.0 Å². The first-order valence-electron chi connectivity index (χ1n) is 4.84. The molecular weight excluding hydrogens is 290 g/mol. The van der Waals surface area contributed by atoms with Gasteiger partial charge >= 0.3 is 0 Å². The van der Waals surface area contributed by atoms with E-state index in [-0.39, 0.29) is 25.0 Å². The van der Waals surface area contributed by atoms with Crippen LogP contribution in [0, 0.1) is 0 Å². The van der Waals surface area contributed by atoms with E-state index in [4.69, 9.17) is 0 Å². The van der Waals surface area contributed by atoms with Gasteiger partial charge in [-0.3, -0.25) is 4.72 Å². The minimum Gasteiger partial charge on any atom is -0.253 e. The second-order valence-corrected chi connectivity index (χ2v) is 6.49. The second-order valence-electron chi connectivity index (χ2n) is 4.40.